The van der Waals surface area contributed by atoms with Crippen molar-refractivity contribution >= 4 is 31.4 Å². The predicted octanol–water partition coefficient (Wildman–Crippen LogP) is -2.25. The van der Waals surface area contributed by atoms with Gasteiger partial charge in [0.2, 0.25) is 0 Å². The van der Waals surface area contributed by atoms with Crippen LogP contribution in [0.15, 0.2) is 18.2 Å². The van der Waals surface area contributed by atoms with E-state index in [0.717, 1.165) is 17.9 Å². The Morgan fingerprint density at radius 3 is 2.47 bits per heavy atom. The van der Waals surface area contributed by atoms with Crippen LogP contribution in [0.5, 0.6) is 11.5 Å². The minimum absolute atomic E-state index is 0.0502. The topological polar surface area (TPSA) is 30.5 Å². The van der Waals surface area contributed by atoms with E-state index in [4.69, 9.17) is 9.47 Å². The van der Waals surface area contributed by atoms with Gasteiger partial charge in [-0.15, -0.1) is 0 Å². The molecule has 98 valence electrons. The molecule has 1 aromatic rings. The molecule has 1 N–H and O–H groups in total. The minimum Gasteiger partial charge on any atom is -0.467 e. The standard InChI is InChI=1S/C12H21B4NO2/c1-3-10(17-2)11(13,14)7-4-5-8-9(6-7)19-12(15,16)18-8/h4-6,10,17H,3,13-16H2,1-2H3. The third kappa shape index (κ3) is 2.66. The summed E-state index contributed by atoms with van der Waals surface area (Å²) in [6, 6.07) is 6.71. The van der Waals surface area contributed by atoms with Gasteiger partial charge in [0.1, 0.15) is 15.7 Å². The first-order chi connectivity index (χ1) is 8.80. The van der Waals surface area contributed by atoms with E-state index in [1.165, 1.54) is 5.56 Å². The molecule has 1 aliphatic rings. The second-order valence-corrected chi connectivity index (χ2v) is 6.24. The minimum atomic E-state index is -0.557. The fourth-order valence-electron chi connectivity index (χ4n) is 2.90. The summed E-state index contributed by atoms with van der Waals surface area (Å²) >= 11 is 0. The second-order valence-electron chi connectivity index (χ2n) is 6.24. The van der Waals surface area contributed by atoms with E-state index < -0.39 is 5.59 Å². The van der Waals surface area contributed by atoms with Crippen LogP contribution in [-0.2, 0) is 5.21 Å². The van der Waals surface area contributed by atoms with Gasteiger partial charge >= 0.3 is 0 Å². The van der Waals surface area contributed by atoms with Gasteiger partial charge < -0.3 is 14.8 Å². The molecule has 1 aromatic carbocycles. The molecule has 1 atom stereocenters. The zero-order chi connectivity index (χ0) is 14.3. The molecule has 0 saturated heterocycles. The summed E-state index contributed by atoms with van der Waals surface area (Å²) in [4.78, 5) is 0. The lowest BCUT2D eigenvalue weighted by atomic mass is 9.47. The fourth-order valence-corrected chi connectivity index (χ4v) is 2.90. The summed E-state index contributed by atoms with van der Waals surface area (Å²) in [5, 5.41) is 3.45. The molecule has 0 saturated carbocycles. The van der Waals surface area contributed by atoms with Crippen molar-refractivity contribution in [1.82, 2.24) is 5.32 Å². The highest BCUT2D eigenvalue weighted by atomic mass is 16.7. The monoisotopic (exact) mass is 255 g/mol. The number of hydrogen-bond donors (Lipinski definition) is 1. The first-order valence-corrected chi connectivity index (χ1v) is 7.00. The molecule has 1 aliphatic heterocycles. The Kier molecular flexibility index (Phi) is 3.69. The molecule has 3 nitrogen and oxygen atoms in total. The van der Waals surface area contributed by atoms with E-state index in [-0.39, 0.29) is 5.21 Å². The van der Waals surface area contributed by atoms with Crippen molar-refractivity contribution in [1.29, 1.82) is 0 Å². The third-order valence-corrected chi connectivity index (χ3v) is 4.03. The quantitative estimate of drug-likeness (QED) is 0.616. The summed E-state index contributed by atoms with van der Waals surface area (Å²) in [6.45, 7) is 2.21. The Bertz CT molecular complexity index is 475. The predicted molar refractivity (Wildman–Crippen MR) is 89.4 cm³/mol. The van der Waals surface area contributed by atoms with E-state index in [9.17, 15) is 0 Å². The number of nitrogens with one attached hydrogen (secondary N) is 1. The molecule has 19 heavy (non-hydrogen) atoms. The molecule has 0 fully saturated rings. The Morgan fingerprint density at radius 2 is 1.89 bits per heavy atom. The van der Waals surface area contributed by atoms with Crippen LogP contribution in [-0.4, -0.2) is 50.1 Å². The first-order valence-electron chi connectivity index (χ1n) is 7.00. The van der Waals surface area contributed by atoms with E-state index in [1.807, 2.05) is 28.8 Å². The largest absolute Gasteiger partial charge is 0.467 e. The SMILES string of the molecule is BC1(B)Oc2ccc(C(B)(B)C(CC)NC)cc2O1. The van der Waals surface area contributed by atoms with E-state index >= 15 is 0 Å². The van der Waals surface area contributed by atoms with Crippen molar-refractivity contribution in [3.63, 3.8) is 0 Å². The van der Waals surface area contributed by atoms with Gasteiger partial charge in [-0.2, -0.15) is 0 Å². The van der Waals surface area contributed by atoms with Gasteiger partial charge in [0.15, 0.2) is 32.8 Å². The Hall–Kier alpha value is -0.960. The Morgan fingerprint density at radius 1 is 1.26 bits per heavy atom. The maximum atomic E-state index is 5.83. The molecule has 7 heteroatoms. The molecular formula is C12H21B4NO2. The lowest BCUT2D eigenvalue weighted by Crippen LogP contribution is -2.48. The first kappa shape index (κ1) is 14.4. The number of ether oxygens (including phenoxy) is 2. The van der Waals surface area contributed by atoms with Gasteiger partial charge in [0.05, 0.1) is 0 Å². The zero-order valence-corrected chi connectivity index (χ0v) is 12.8. The number of rotatable bonds is 4. The summed E-state index contributed by atoms with van der Waals surface area (Å²) in [7, 11) is 10.4. The molecule has 0 radical (unpaired) electrons. The smallest absolute Gasteiger partial charge is 0.197 e. The van der Waals surface area contributed by atoms with Gasteiger partial charge in [-0.3, -0.25) is 0 Å². The molecule has 1 unspecified atom stereocenters. The van der Waals surface area contributed by atoms with Crippen LogP contribution in [0.1, 0.15) is 18.9 Å². The highest BCUT2D eigenvalue weighted by Gasteiger charge is 2.34. The maximum Gasteiger partial charge on any atom is 0.197 e. The number of fused-ring (bicyclic) bond motifs is 1. The van der Waals surface area contributed by atoms with Gasteiger partial charge in [-0.1, -0.05) is 18.6 Å². The van der Waals surface area contributed by atoms with Gasteiger partial charge in [0, 0.05) is 6.04 Å². The van der Waals surface area contributed by atoms with Crippen molar-refractivity contribution in [3.8, 4) is 11.5 Å². The van der Waals surface area contributed by atoms with Crippen LogP contribution in [0.4, 0.5) is 0 Å². The summed E-state index contributed by atoms with van der Waals surface area (Å²) < 4.78 is 11.6. The Labute approximate surface area is 119 Å². The molecule has 0 bridgehead atoms. The lowest BCUT2D eigenvalue weighted by Gasteiger charge is -2.34. The lowest BCUT2D eigenvalue weighted by molar-refractivity contribution is 0.0833. The maximum absolute atomic E-state index is 5.83. The average Bonchev–Trinajstić information content (AvgIpc) is 2.62. The third-order valence-electron chi connectivity index (χ3n) is 4.03. The van der Waals surface area contributed by atoms with Crippen molar-refractivity contribution in [2.24, 2.45) is 0 Å². The molecule has 0 aromatic heterocycles. The van der Waals surface area contributed by atoms with E-state index in [2.05, 4.69) is 40.1 Å². The van der Waals surface area contributed by atoms with Crippen molar-refractivity contribution in [2.45, 2.75) is 30.2 Å². The van der Waals surface area contributed by atoms with E-state index in [0.29, 0.717) is 6.04 Å². The van der Waals surface area contributed by atoms with Gasteiger partial charge in [0.25, 0.3) is 0 Å². The molecule has 1 heterocycles. The normalized spacial score (nSPS) is 18.2. The number of benzene rings is 1. The Balaban J connectivity index is 2.34. The summed E-state index contributed by atoms with van der Waals surface area (Å²) in [6.07, 6.45) is 1.09. The van der Waals surface area contributed by atoms with E-state index in [1.54, 1.807) is 0 Å². The van der Waals surface area contributed by atoms with Crippen LogP contribution in [0.2, 0.25) is 0 Å². The number of likely N-dealkylation sites (N-methyl/N-ethyl adjacent to an activating group) is 1. The molecule has 2 rings (SSSR count). The van der Waals surface area contributed by atoms with Crippen molar-refractivity contribution in [2.75, 3.05) is 7.05 Å². The fraction of sp³-hybridized carbons (Fsp3) is 0.500. The van der Waals surface area contributed by atoms with Gasteiger partial charge in [-0.25, -0.2) is 0 Å². The molecule has 0 amide bonds. The molecule has 0 spiro atoms. The molecule has 0 aliphatic carbocycles. The van der Waals surface area contributed by atoms with Crippen LogP contribution in [0.3, 0.4) is 0 Å². The van der Waals surface area contributed by atoms with Crippen LogP contribution < -0.4 is 14.8 Å². The van der Waals surface area contributed by atoms with Crippen LogP contribution in [0, 0.1) is 0 Å². The summed E-state index contributed by atoms with van der Waals surface area (Å²) in [5.41, 5.74) is 0.715. The van der Waals surface area contributed by atoms with Crippen molar-refractivity contribution in [3.05, 3.63) is 23.8 Å². The van der Waals surface area contributed by atoms with Gasteiger partial charge in [-0.05, 0) is 30.8 Å². The summed E-state index contributed by atoms with van der Waals surface area (Å²) in [5.74, 6) is 1.68. The van der Waals surface area contributed by atoms with Crippen LogP contribution >= 0.6 is 0 Å². The van der Waals surface area contributed by atoms with Crippen molar-refractivity contribution < 1.29 is 9.47 Å². The average molecular weight is 255 g/mol. The zero-order valence-electron chi connectivity index (χ0n) is 12.8. The highest BCUT2D eigenvalue weighted by molar-refractivity contribution is 6.41. The van der Waals surface area contributed by atoms with Crippen LogP contribution in [0.25, 0.3) is 0 Å². The second kappa shape index (κ2) is 4.86. The highest BCUT2D eigenvalue weighted by Crippen LogP contribution is 2.39. The number of hydrogen-bond acceptors (Lipinski definition) is 3. The molecular weight excluding hydrogens is 233 g/mol.